The number of unbranched alkanes of at least 4 members (excludes halogenated alkanes) is 11. The topological polar surface area (TPSA) is 101 Å². The van der Waals surface area contributed by atoms with Crippen molar-refractivity contribution in [1.29, 1.82) is 0 Å². The summed E-state index contributed by atoms with van der Waals surface area (Å²) in [5.41, 5.74) is 5.54. The lowest BCUT2D eigenvalue weighted by molar-refractivity contribution is -0.140. The van der Waals surface area contributed by atoms with Crippen LogP contribution in [0, 0.1) is 5.41 Å². The van der Waals surface area contributed by atoms with Crippen LogP contribution in [0.1, 0.15) is 135 Å². The molecule has 188 valence electrons. The van der Waals surface area contributed by atoms with Crippen molar-refractivity contribution < 1.29 is 19.8 Å². The molecule has 1 aliphatic carbocycles. The van der Waals surface area contributed by atoms with Crippen LogP contribution in [0.15, 0.2) is 12.2 Å². The SMILES string of the molecule is CCCCCCCC/C=C\CCCCCCCC(=O)O.NCC1(CC(=O)O)CCCCC1. The summed E-state index contributed by atoms with van der Waals surface area (Å²) >= 11 is 0. The maximum atomic E-state index is 10.6. The third-order valence-corrected chi connectivity index (χ3v) is 6.53. The Morgan fingerprint density at radius 1 is 0.750 bits per heavy atom. The van der Waals surface area contributed by atoms with Crippen molar-refractivity contribution in [3.8, 4) is 0 Å². The smallest absolute Gasteiger partial charge is 0.303 e. The van der Waals surface area contributed by atoms with E-state index in [9.17, 15) is 9.59 Å². The van der Waals surface area contributed by atoms with Crippen LogP contribution in [0.4, 0.5) is 0 Å². The highest BCUT2D eigenvalue weighted by Crippen LogP contribution is 2.38. The molecule has 0 spiro atoms. The molecule has 4 N–H and O–H groups in total. The zero-order chi connectivity index (χ0) is 23.9. The summed E-state index contributed by atoms with van der Waals surface area (Å²) in [6, 6.07) is 0. The second-order valence-corrected chi connectivity index (χ2v) is 9.56. The van der Waals surface area contributed by atoms with E-state index in [0.29, 0.717) is 13.0 Å². The molecule has 1 rings (SSSR count). The van der Waals surface area contributed by atoms with Crippen molar-refractivity contribution in [3.63, 3.8) is 0 Å². The van der Waals surface area contributed by atoms with Gasteiger partial charge in [0.25, 0.3) is 0 Å². The Morgan fingerprint density at radius 3 is 1.72 bits per heavy atom. The van der Waals surface area contributed by atoms with E-state index >= 15 is 0 Å². The van der Waals surface area contributed by atoms with Crippen LogP contribution in [-0.4, -0.2) is 28.7 Å². The fourth-order valence-corrected chi connectivity index (χ4v) is 4.42. The van der Waals surface area contributed by atoms with Crippen LogP contribution < -0.4 is 5.73 Å². The molecule has 1 saturated carbocycles. The summed E-state index contributed by atoms with van der Waals surface area (Å²) < 4.78 is 0. The zero-order valence-electron chi connectivity index (χ0n) is 20.8. The molecule has 0 aromatic rings. The van der Waals surface area contributed by atoms with E-state index in [4.69, 9.17) is 15.9 Å². The fraction of sp³-hybridized carbons (Fsp3) is 0.852. The third kappa shape index (κ3) is 19.3. The molecule has 0 amide bonds. The molecule has 0 atom stereocenters. The Kier molecular flexibility index (Phi) is 20.6. The quantitative estimate of drug-likeness (QED) is 0.147. The molecule has 0 unspecified atom stereocenters. The molecular formula is C27H51NO4. The Bertz CT molecular complexity index is 484. The third-order valence-electron chi connectivity index (χ3n) is 6.53. The van der Waals surface area contributed by atoms with Gasteiger partial charge in [-0.3, -0.25) is 9.59 Å². The van der Waals surface area contributed by atoms with Gasteiger partial charge in [-0.25, -0.2) is 0 Å². The van der Waals surface area contributed by atoms with Gasteiger partial charge in [-0.1, -0.05) is 89.7 Å². The summed E-state index contributed by atoms with van der Waals surface area (Å²) in [6.45, 7) is 2.79. The minimum absolute atomic E-state index is 0.0793. The molecule has 0 radical (unpaired) electrons. The van der Waals surface area contributed by atoms with Crippen LogP contribution in [-0.2, 0) is 9.59 Å². The van der Waals surface area contributed by atoms with Gasteiger partial charge in [0.15, 0.2) is 0 Å². The maximum Gasteiger partial charge on any atom is 0.303 e. The van der Waals surface area contributed by atoms with E-state index in [0.717, 1.165) is 38.5 Å². The van der Waals surface area contributed by atoms with Gasteiger partial charge < -0.3 is 15.9 Å². The predicted molar refractivity (Wildman–Crippen MR) is 134 cm³/mol. The average molecular weight is 454 g/mol. The molecule has 0 aromatic carbocycles. The molecule has 1 fully saturated rings. The first-order valence-corrected chi connectivity index (χ1v) is 13.2. The molecule has 0 aliphatic heterocycles. The lowest BCUT2D eigenvalue weighted by Gasteiger charge is -2.34. The number of rotatable bonds is 18. The highest BCUT2D eigenvalue weighted by atomic mass is 16.4. The van der Waals surface area contributed by atoms with Gasteiger partial charge >= 0.3 is 11.9 Å². The maximum absolute atomic E-state index is 10.6. The summed E-state index contributed by atoms with van der Waals surface area (Å²) in [4.78, 5) is 20.9. The fourth-order valence-electron chi connectivity index (χ4n) is 4.42. The highest BCUT2D eigenvalue weighted by Gasteiger charge is 2.32. The van der Waals surface area contributed by atoms with E-state index in [-0.39, 0.29) is 11.8 Å². The van der Waals surface area contributed by atoms with E-state index in [1.807, 2.05) is 0 Å². The van der Waals surface area contributed by atoms with Crippen LogP contribution in [0.3, 0.4) is 0 Å². The van der Waals surface area contributed by atoms with Crippen molar-refractivity contribution in [3.05, 3.63) is 12.2 Å². The van der Waals surface area contributed by atoms with Gasteiger partial charge in [-0.15, -0.1) is 0 Å². The lowest BCUT2D eigenvalue weighted by Crippen LogP contribution is -2.34. The van der Waals surface area contributed by atoms with E-state index < -0.39 is 11.9 Å². The molecule has 0 heterocycles. The zero-order valence-corrected chi connectivity index (χ0v) is 20.8. The van der Waals surface area contributed by atoms with Gasteiger partial charge in [-0.05, 0) is 56.9 Å². The molecule has 32 heavy (non-hydrogen) atoms. The van der Waals surface area contributed by atoms with Crippen molar-refractivity contribution >= 4 is 11.9 Å². The molecule has 5 nitrogen and oxygen atoms in total. The summed E-state index contributed by atoms with van der Waals surface area (Å²) in [7, 11) is 0. The Morgan fingerprint density at radius 2 is 1.25 bits per heavy atom. The number of allylic oxidation sites excluding steroid dienone is 2. The van der Waals surface area contributed by atoms with Crippen molar-refractivity contribution in [2.24, 2.45) is 11.1 Å². The summed E-state index contributed by atoms with van der Waals surface area (Å²) in [5, 5.41) is 17.2. The first kappa shape index (κ1) is 30.6. The molecule has 0 aromatic heterocycles. The lowest BCUT2D eigenvalue weighted by atomic mass is 9.72. The highest BCUT2D eigenvalue weighted by molar-refractivity contribution is 5.67. The molecule has 5 heteroatoms. The van der Waals surface area contributed by atoms with E-state index in [2.05, 4.69) is 19.1 Å². The second kappa shape index (κ2) is 21.5. The van der Waals surface area contributed by atoms with Crippen molar-refractivity contribution in [2.75, 3.05) is 6.54 Å². The molecule has 0 saturated heterocycles. The summed E-state index contributed by atoms with van der Waals surface area (Å²) in [6.07, 6.45) is 27.0. The first-order chi connectivity index (χ1) is 15.5. The first-order valence-electron chi connectivity index (χ1n) is 13.2. The van der Waals surface area contributed by atoms with Crippen molar-refractivity contribution in [2.45, 2.75) is 135 Å². The van der Waals surface area contributed by atoms with Gasteiger partial charge in [-0.2, -0.15) is 0 Å². The summed E-state index contributed by atoms with van der Waals surface area (Å²) in [5.74, 6) is -1.37. The predicted octanol–water partition coefficient (Wildman–Crippen LogP) is 7.48. The molecule has 1 aliphatic rings. The number of carbonyl (C=O) groups is 2. The van der Waals surface area contributed by atoms with Gasteiger partial charge in [0.1, 0.15) is 0 Å². The van der Waals surface area contributed by atoms with Crippen molar-refractivity contribution in [1.82, 2.24) is 0 Å². The standard InChI is InChI=1S/C18H34O2.C9H17NO2/c1-2-3-4-5-6-7-8-9-10-11-12-13-14-15-16-17-18(19)20;10-7-9(6-8(11)12)4-2-1-3-5-9/h9-10H,2-8,11-17H2,1H3,(H,19,20);1-7,10H2,(H,11,12)/b10-9-;. The largest absolute Gasteiger partial charge is 0.481 e. The number of carboxylic acid groups (broad SMARTS) is 2. The van der Waals surface area contributed by atoms with E-state index in [1.165, 1.54) is 77.0 Å². The van der Waals surface area contributed by atoms with Gasteiger partial charge in [0, 0.05) is 6.42 Å². The number of carboxylic acids is 2. The van der Waals surface area contributed by atoms with E-state index in [1.54, 1.807) is 0 Å². The van der Waals surface area contributed by atoms with Gasteiger partial charge in [0.05, 0.1) is 6.42 Å². The van der Waals surface area contributed by atoms with Crippen LogP contribution >= 0.6 is 0 Å². The number of hydrogen-bond acceptors (Lipinski definition) is 3. The van der Waals surface area contributed by atoms with Crippen LogP contribution in [0.2, 0.25) is 0 Å². The Labute approximate surface area is 197 Å². The number of nitrogens with two attached hydrogens (primary N) is 1. The average Bonchev–Trinajstić information content (AvgIpc) is 2.77. The molecular weight excluding hydrogens is 402 g/mol. The van der Waals surface area contributed by atoms with Crippen LogP contribution in [0.5, 0.6) is 0 Å². The second-order valence-electron chi connectivity index (χ2n) is 9.56. The minimum Gasteiger partial charge on any atom is -0.481 e. The minimum atomic E-state index is -0.706. The number of aliphatic carboxylic acids is 2. The number of hydrogen-bond donors (Lipinski definition) is 3. The normalized spacial score (nSPS) is 15.3. The van der Waals surface area contributed by atoms with Crippen LogP contribution in [0.25, 0.3) is 0 Å². The van der Waals surface area contributed by atoms with Gasteiger partial charge in [0.2, 0.25) is 0 Å². The monoisotopic (exact) mass is 453 g/mol. The Balaban J connectivity index is 0.000000677. The molecule has 0 bridgehead atoms. The Hall–Kier alpha value is -1.36.